The smallest absolute Gasteiger partial charge is 0.229 e. The van der Waals surface area contributed by atoms with Crippen molar-refractivity contribution < 1.29 is 19.1 Å². The minimum atomic E-state index is -0.453. The molecule has 0 bridgehead atoms. The summed E-state index contributed by atoms with van der Waals surface area (Å²) in [6, 6.07) is 10.7. The van der Waals surface area contributed by atoms with Crippen LogP contribution in [0.5, 0.6) is 11.5 Å². The van der Waals surface area contributed by atoms with Crippen molar-refractivity contribution in [1.82, 2.24) is 0 Å². The second kappa shape index (κ2) is 8.84. The van der Waals surface area contributed by atoms with E-state index in [0.29, 0.717) is 35.1 Å². The Balaban J connectivity index is 0.00000280. The molecule has 7 nitrogen and oxygen atoms in total. The summed E-state index contributed by atoms with van der Waals surface area (Å²) in [6.07, 6.45) is 0.147. The van der Waals surface area contributed by atoms with Gasteiger partial charge < -0.3 is 25.4 Å². The van der Waals surface area contributed by atoms with Crippen LogP contribution in [0.15, 0.2) is 36.4 Å². The third-order valence-electron chi connectivity index (χ3n) is 4.62. The van der Waals surface area contributed by atoms with Gasteiger partial charge in [-0.2, -0.15) is 0 Å². The molecule has 1 fully saturated rings. The quantitative estimate of drug-likeness (QED) is 0.746. The van der Waals surface area contributed by atoms with Gasteiger partial charge in [-0.05, 0) is 42.8 Å². The van der Waals surface area contributed by atoms with Gasteiger partial charge in [0.15, 0.2) is 0 Å². The first-order valence-electron chi connectivity index (χ1n) is 8.62. The molecule has 8 heteroatoms. The monoisotopic (exact) mass is 405 g/mol. The Hall–Kier alpha value is -2.93. The van der Waals surface area contributed by atoms with Crippen molar-refractivity contribution in [2.45, 2.75) is 13.3 Å². The highest BCUT2D eigenvalue weighted by molar-refractivity contribution is 6.04. The summed E-state index contributed by atoms with van der Waals surface area (Å²) in [7, 11) is 3.09. The number of hydrogen-bond donors (Lipinski definition) is 2. The highest BCUT2D eigenvalue weighted by Gasteiger charge is 2.36. The summed E-state index contributed by atoms with van der Waals surface area (Å²) in [5.41, 5.74) is 8.58. The maximum atomic E-state index is 12.6. The van der Waals surface area contributed by atoms with Crippen LogP contribution in [0.4, 0.5) is 17.1 Å². The standard InChI is InChI=1S/C20H23N3O4.ClH/c1-12-4-6-18(27-3)16(8-12)23-11-13(9-19(23)24)20(25)22-14-5-7-17(26-2)15(21)10-14;/h4-8,10,13H,9,11,21H2,1-3H3,(H,22,25);1H. The lowest BCUT2D eigenvalue weighted by Crippen LogP contribution is -2.28. The number of aryl methyl sites for hydroxylation is 1. The lowest BCUT2D eigenvalue weighted by atomic mass is 10.1. The summed E-state index contributed by atoms with van der Waals surface area (Å²) in [5, 5.41) is 2.82. The first kappa shape index (κ1) is 21.4. The zero-order valence-corrected chi connectivity index (χ0v) is 16.8. The van der Waals surface area contributed by atoms with Crippen molar-refractivity contribution in [2.75, 3.05) is 36.7 Å². The molecule has 28 heavy (non-hydrogen) atoms. The fourth-order valence-corrected chi connectivity index (χ4v) is 3.18. The van der Waals surface area contributed by atoms with Gasteiger partial charge in [0, 0.05) is 18.7 Å². The minimum Gasteiger partial charge on any atom is -0.495 e. The van der Waals surface area contributed by atoms with Gasteiger partial charge in [0.05, 0.1) is 31.5 Å². The lowest BCUT2D eigenvalue weighted by Gasteiger charge is -2.20. The van der Waals surface area contributed by atoms with E-state index in [2.05, 4.69) is 5.32 Å². The largest absolute Gasteiger partial charge is 0.495 e. The van der Waals surface area contributed by atoms with Crippen LogP contribution in [0.2, 0.25) is 0 Å². The number of methoxy groups -OCH3 is 2. The van der Waals surface area contributed by atoms with Crippen LogP contribution in [0.25, 0.3) is 0 Å². The van der Waals surface area contributed by atoms with E-state index in [4.69, 9.17) is 15.2 Å². The van der Waals surface area contributed by atoms with Crippen LogP contribution in [0.3, 0.4) is 0 Å². The number of halogens is 1. The molecule has 0 aromatic heterocycles. The molecule has 2 amide bonds. The van der Waals surface area contributed by atoms with Gasteiger partial charge in [0.2, 0.25) is 11.8 Å². The fourth-order valence-electron chi connectivity index (χ4n) is 3.18. The van der Waals surface area contributed by atoms with E-state index in [9.17, 15) is 9.59 Å². The predicted molar refractivity (Wildman–Crippen MR) is 111 cm³/mol. The first-order valence-corrected chi connectivity index (χ1v) is 8.62. The van der Waals surface area contributed by atoms with E-state index in [1.54, 1.807) is 30.2 Å². The maximum Gasteiger partial charge on any atom is 0.229 e. The van der Waals surface area contributed by atoms with Crippen molar-refractivity contribution in [3.8, 4) is 11.5 Å². The van der Waals surface area contributed by atoms with Crippen LogP contribution in [0.1, 0.15) is 12.0 Å². The second-order valence-electron chi connectivity index (χ2n) is 6.53. The number of carbonyl (C=O) groups excluding carboxylic acids is 2. The maximum absolute atomic E-state index is 12.6. The van der Waals surface area contributed by atoms with E-state index in [1.807, 2.05) is 25.1 Å². The molecular weight excluding hydrogens is 382 g/mol. The summed E-state index contributed by atoms with van der Waals surface area (Å²) < 4.78 is 10.5. The molecule has 2 aromatic rings. The van der Waals surface area contributed by atoms with Crippen molar-refractivity contribution in [1.29, 1.82) is 0 Å². The highest BCUT2D eigenvalue weighted by atomic mass is 35.5. The Morgan fingerprint density at radius 1 is 1.14 bits per heavy atom. The molecule has 0 radical (unpaired) electrons. The normalized spacial score (nSPS) is 15.8. The average molecular weight is 406 g/mol. The van der Waals surface area contributed by atoms with E-state index in [1.165, 1.54) is 7.11 Å². The molecule has 3 rings (SSSR count). The van der Waals surface area contributed by atoms with Crippen LogP contribution in [-0.2, 0) is 9.59 Å². The third-order valence-corrected chi connectivity index (χ3v) is 4.62. The van der Waals surface area contributed by atoms with E-state index in [0.717, 1.165) is 5.56 Å². The average Bonchev–Trinajstić information content (AvgIpc) is 3.03. The van der Waals surface area contributed by atoms with E-state index >= 15 is 0 Å². The summed E-state index contributed by atoms with van der Waals surface area (Å²) in [6.45, 7) is 2.25. The molecule has 1 saturated heterocycles. The summed E-state index contributed by atoms with van der Waals surface area (Å²) >= 11 is 0. The van der Waals surface area contributed by atoms with Gasteiger partial charge in [0.25, 0.3) is 0 Å². The van der Waals surface area contributed by atoms with Gasteiger partial charge >= 0.3 is 0 Å². The number of benzene rings is 2. The molecule has 2 aromatic carbocycles. The number of nitrogens with two attached hydrogens (primary N) is 1. The first-order chi connectivity index (χ1) is 12.9. The Kier molecular flexibility index (Phi) is 6.75. The Labute approximate surface area is 170 Å². The number of amides is 2. The van der Waals surface area contributed by atoms with Crippen molar-refractivity contribution in [3.05, 3.63) is 42.0 Å². The van der Waals surface area contributed by atoms with Gasteiger partial charge in [-0.3, -0.25) is 9.59 Å². The number of rotatable bonds is 5. The van der Waals surface area contributed by atoms with Crippen molar-refractivity contribution in [3.63, 3.8) is 0 Å². The van der Waals surface area contributed by atoms with Crippen molar-refractivity contribution >= 4 is 41.3 Å². The molecule has 1 aliphatic rings. The molecule has 150 valence electrons. The molecule has 1 unspecified atom stereocenters. The van der Waals surface area contributed by atoms with Crippen LogP contribution in [-0.4, -0.2) is 32.6 Å². The molecule has 0 aliphatic carbocycles. The molecule has 3 N–H and O–H groups in total. The van der Waals surface area contributed by atoms with E-state index in [-0.39, 0.29) is 30.6 Å². The summed E-state index contributed by atoms with van der Waals surface area (Å²) in [5.74, 6) is 0.376. The number of carbonyl (C=O) groups is 2. The topological polar surface area (TPSA) is 93.9 Å². The Morgan fingerprint density at radius 2 is 1.82 bits per heavy atom. The Morgan fingerprint density at radius 3 is 2.46 bits per heavy atom. The second-order valence-corrected chi connectivity index (χ2v) is 6.53. The number of nitrogen functional groups attached to an aromatic ring is 1. The van der Waals surface area contributed by atoms with Gasteiger partial charge in [-0.25, -0.2) is 0 Å². The lowest BCUT2D eigenvalue weighted by molar-refractivity contribution is -0.122. The van der Waals surface area contributed by atoms with Crippen molar-refractivity contribution in [2.24, 2.45) is 5.92 Å². The zero-order valence-electron chi connectivity index (χ0n) is 16.0. The van der Waals surface area contributed by atoms with Crippen LogP contribution in [0, 0.1) is 12.8 Å². The van der Waals surface area contributed by atoms with Gasteiger partial charge in [0.1, 0.15) is 11.5 Å². The molecular formula is C20H24ClN3O4. The highest BCUT2D eigenvalue weighted by Crippen LogP contribution is 2.34. The minimum absolute atomic E-state index is 0. The number of anilines is 3. The van der Waals surface area contributed by atoms with Crippen LogP contribution < -0.4 is 25.4 Å². The number of hydrogen-bond acceptors (Lipinski definition) is 5. The third kappa shape index (κ3) is 4.31. The van der Waals surface area contributed by atoms with Gasteiger partial charge in [-0.15, -0.1) is 12.4 Å². The van der Waals surface area contributed by atoms with Gasteiger partial charge in [-0.1, -0.05) is 6.07 Å². The molecule has 0 spiro atoms. The van der Waals surface area contributed by atoms with Crippen LogP contribution >= 0.6 is 12.4 Å². The van der Waals surface area contributed by atoms with E-state index < -0.39 is 5.92 Å². The zero-order chi connectivity index (χ0) is 19.6. The number of nitrogens with one attached hydrogen (secondary N) is 1. The summed E-state index contributed by atoms with van der Waals surface area (Å²) in [4.78, 5) is 26.8. The number of ether oxygens (including phenoxy) is 2. The Bertz CT molecular complexity index is 888. The number of nitrogens with zero attached hydrogens (tertiary/aromatic N) is 1. The molecule has 1 heterocycles. The predicted octanol–water partition coefficient (Wildman–Crippen LogP) is 3.01. The SMILES string of the molecule is COc1ccc(NC(=O)C2CC(=O)N(c3cc(C)ccc3OC)C2)cc1N.Cl. The molecule has 0 saturated carbocycles. The molecule has 1 aliphatic heterocycles. The molecule has 1 atom stereocenters. The fraction of sp³-hybridized carbons (Fsp3) is 0.300.